The van der Waals surface area contributed by atoms with Crippen molar-refractivity contribution in [3.63, 3.8) is 0 Å². The largest absolute Gasteiger partial charge is 0.494 e. The fourth-order valence-corrected chi connectivity index (χ4v) is 3.63. The molecule has 3 aromatic heterocycles. The van der Waals surface area contributed by atoms with Crippen LogP contribution in [0.5, 0.6) is 5.88 Å². The van der Waals surface area contributed by atoms with Gasteiger partial charge in [0.05, 0.1) is 12.1 Å². The summed E-state index contributed by atoms with van der Waals surface area (Å²) in [4.78, 5) is 42.7. The highest BCUT2D eigenvalue weighted by Crippen LogP contribution is 2.22. The van der Waals surface area contributed by atoms with Crippen LogP contribution in [0.4, 0.5) is 4.39 Å². The van der Waals surface area contributed by atoms with Crippen LogP contribution in [-0.4, -0.2) is 28.2 Å². The van der Waals surface area contributed by atoms with Crippen molar-refractivity contribution in [2.75, 3.05) is 0 Å². The lowest BCUT2D eigenvalue weighted by molar-refractivity contribution is 0.433. The van der Waals surface area contributed by atoms with Gasteiger partial charge in [0.2, 0.25) is 11.7 Å². The lowest BCUT2D eigenvalue weighted by Gasteiger charge is -2.13. The molecular weight excluding hydrogens is 393 g/mol. The van der Waals surface area contributed by atoms with E-state index in [2.05, 4.69) is 4.98 Å². The molecule has 10 heteroatoms. The van der Waals surface area contributed by atoms with Gasteiger partial charge in [-0.3, -0.25) is 23.3 Å². The molecular formula is C20H20FN5O4. The topological polar surface area (TPSA) is 104 Å². The zero-order chi connectivity index (χ0) is 21.7. The van der Waals surface area contributed by atoms with Crippen molar-refractivity contribution in [2.45, 2.75) is 26.3 Å². The molecule has 1 aromatic carbocycles. The standard InChI is InChI=1S/C20H20FN5O4/c1-4-5-13-16(27)25(10-11-6-8-12(21)9-7-11)19-22-15-14(26(19)17(13)28)18(29)24(3)20(30)23(15)2/h6-9,28H,4-5,10H2,1-3H3. The molecule has 4 rings (SSSR count). The molecule has 1 N–H and O–H groups in total. The number of imidazole rings is 1. The normalized spacial score (nSPS) is 11.6. The van der Waals surface area contributed by atoms with Gasteiger partial charge in [-0.15, -0.1) is 0 Å². The molecule has 9 nitrogen and oxygen atoms in total. The molecule has 0 fully saturated rings. The number of aromatic nitrogens is 5. The summed E-state index contributed by atoms with van der Waals surface area (Å²) in [5, 5.41) is 10.9. The monoisotopic (exact) mass is 413 g/mol. The zero-order valence-electron chi connectivity index (χ0n) is 16.7. The summed E-state index contributed by atoms with van der Waals surface area (Å²) in [6.45, 7) is 1.92. The summed E-state index contributed by atoms with van der Waals surface area (Å²) in [6, 6.07) is 5.66. The maximum Gasteiger partial charge on any atom is 0.332 e. The molecule has 0 spiro atoms. The Morgan fingerprint density at radius 2 is 1.70 bits per heavy atom. The third-order valence-corrected chi connectivity index (χ3v) is 5.22. The molecule has 0 aliphatic carbocycles. The van der Waals surface area contributed by atoms with Crippen molar-refractivity contribution < 1.29 is 9.50 Å². The van der Waals surface area contributed by atoms with E-state index in [1.54, 1.807) is 12.1 Å². The quantitative estimate of drug-likeness (QED) is 0.535. The average molecular weight is 413 g/mol. The van der Waals surface area contributed by atoms with Gasteiger partial charge in [-0.1, -0.05) is 25.5 Å². The third-order valence-electron chi connectivity index (χ3n) is 5.22. The van der Waals surface area contributed by atoms with E-state index in [-0.39, 0.29) is 41.4 Å². The Balaban J connectivity index is 2.17. The molecule has 3 heterocycles. The Labute approximate surface area is 168 Å². The van der Waals surface area contributed by atoms with E-state index < -0.39 is 22.6 Å². The van der Waals surface area contributed by atoms with E-state index in [0.29, 0.717) is 12.0 Å². The predicted molar refractivity (Wildman–Crippen MR) is 109 cm³/mol. The highest BCUT2D eigenvalue weighted by atomic mass is 19.1. The fourth-order valence-electron chi connectivity index (χ4n) is 3.63. The van der Waals surface area contributed by atoms with Crippen molar-refractivity contribution in [1.82, 2.24) is 23.1 Å². The van der Waals surface area contributed by atoms with E-state index >= 15 is 0 Å². The molecule has 0 saturated carbocycles. The number of hydrogen-bond donors (Lipinski definition) is 1. The number of fused-ring (bicyclic) bond motifs is 3. The van der Waals surface area contributed by atoms with Crippen molar-refractivity contribution in [3.05, 3.63) is 72.4 Å². The molecule has 0 atom stereocenters. The second-order valence-electron chi connectivity index (χ2n) is 7.20. The van der Waals surface area contributed by atoms with Crippen molar-refractivity contribution in [3.8, 4) is 5.88 Å². The van der Waals surface area contributed by atoms with Crippen molar-refractivity contribution in [1.29, 1.82) is 0 Å². The zero-order valence-corrected chi connectivity index (χ0v) is 16.7. The van der Waals surface area contributed by atoms with Crippen LogP contribution in [0.15, 0.2) is 38.6 Å². The summed E-state index contributed by atoms with van der Waals surface area (Å²) in [7, 11) is 2.80. The first kappa shape index (κ1) is 19.6. The lowest BCUT2D eigenvalue weighted by Crippen LogP contribution is -2.37. The second-order valence-corrected chi connectivity index (χ2v) is 7.20. The molecule has 0 unspecified atom stereocenters. The molecule has 0 amide bonds. The Hall–Kier alpha value is -3.69. The molecule has 0 radical (unpaired) electrons. The van der Waals surface area contributed by atoms with Crippen molar-refractivity contribution in [2.24, 2.45) is 14.1 Å². The Morgan fingerprint density at radius 3 is 2.33 bits per heavy atom. The van der Waals surface area contributed by atoms with Crippen LogP contribution in [0.25, 0.3) is 16.9 Å². The fraction of sp³-hybridized carbons (Fsp3) is 0.300. The van der Waals surface area contributed by atoms with E-state index in [0.717, 1.165) is 4.57 Å². The van der Waals surface area contributed by atoms with Gasteiger partial charge in [-0.25, -0.2) is 13.6 Å². The Bertz CT molecular complexity index is 1470. The number of halogens is 1. The Kier molecular flexibility index (Phi) is 4.56. The van der Waals surface area contributed by atoms with Gasteiger partial charge >= 0.3 is 5.69 Å². The molecule has 0 bridgehead atoms. The lowest BCUT2D eigenvalue weighted by atomic mass is 10.1. The number of aryl methyl sites for hydroxylation is 1. The third kappa shape index (κ3) is 2.75. The smallest absolute Gasteiger partial charge is 0.332 e. The van der Waals surface area contributed by atoms with E-state index in [9.17, 15) is 23.9 Å². The van der Waals surface area contributed by atoms with Gasteiger partial charge in [0.15, 0.2) is 11.2 Å². The van der Waals surface area contributed by atoms with Crippen LogP contribution in [0, 0.1) is 5.82 Å². The minimum absolute atomic E-state index is 0.00249. The molecule has 0 aliphatic heterocycles. The van der Waals surface area contributed by atoms with Crippen LogP contribution < -0.4 is 16.8 Å². The number of nitrogens with zero attached hydrogens (tertiary/aromatic N) is 5. The molecule has 30 heavy (non-hydrogen) atoms. The predicted octanol–water partition coefficient (Wildman–Crippen LogP) is 0.892. The van der Waals surface area contributed by atoms with E-state index in [1.807, 2.05) is 6.92 Å². The van der Waals surface area contributed by atoms with Gasteiger partial charge in [-0.05, 0) is 24.1 Å². The Morgan fingerprint density at radius 1 is 1.03 bits per heavy atom. The summed E-state index contributed by atoms with van der Waals surface area (Å²) in [6.07, 6.45) is 0.879. The molecule has 0 aliphatic rings. The van der Waals surface area contributed by atoms with Gasteiger partial charge in [0.1, 0.15) is 5.82 Å². The maximum atomic E-state index is 13.3. The van der Waals surface area contributed by atoms with Gasteiger partial charge in [-0.2, -0.15) is 4.98 Å². The van der Waals surface area contributed by atoms with E-state index in [1.165, 1.54) is 39.8 Å². The van der Waals surface area contributed by atoms with Crippen LogP contribution in [-0.2, 0) is 27.1 Å². The SMILES string of the molecule is CCCc1c(O)n2c3c(=O)n(C)c(=O)n(C)c3nc2n(Cc2ccc(F)cc2)c1=O. The van der Waals surface area contributed by atoms with Crippen LogP contribution in [0.3, 0.4) is 0 Å². The van der Waals surface area contributed by atoms with Gasteiger partial charge in [0, 0.05) is 14.1 Å². The summed E-state index contributed by atoms with van der Waals surface area (Å²) >= 11 is 0. The molecule has 0 saturated heterocycles. The second kappa shape index (κ2) is 6.97. The van der Waals surface area contributed by atoms with Crippen LogP contribution in [0.1, 0.15) is 24.5 Å². The highest BCUT2D eigenvalue weighted by molar-refractivity contribution is 5.76. The minimum atomic E-state index is -0.634. The van der Waals surface area contributed by atoms with Gasteiger partial charge < -0.3 is 5.11 Å². The average Bonchev–Trinajstić information content (AvgIpc) is 3.13. The maximum absolute atomic E-state index is 13.3. The first-order chi connectivity index (χ1) is 14.3. The van der Waals surface area contributed by atoms with Crippen LogP contribution >= 0.6 is 0 Å². The summed E-state index contributed by atoms with van der Waals surface area (Å²) < 4.78 is 17.9. The number of rotatable bonds is 4. The first-order valence-corrected chi connectivity index (χ1v) is 9.43. The number of hydrogen-bond acceptors (Lipinski definition) is 5. The van der Waals surface area contributed by atoms with Crippen molar-refractivity contribution >= 4 is 16.9 Å². The van der Waals surface area contributed by atoms with E-state index in [4.69, 9.17) is 0 Å². The number of aromatic hydroxyl groups is 1. The van der Waals surface area contributed by atoms with Crippen LogP contribution in [0.2, 0.25) is 0 Å². The van der Waals surface area contributed by atoms with Gasteiger partial charge in [0.25, 0.3) is 11.1 Å². The summed E-state index contributed by atoms with van der Waals surface area (Å²) in [5.74, 6) is -0.751. The molecule has 156 valence electrons. The number of benzene rings is 1. The highest BCUT2D eigenvalue weighted by Gasteiger charge is 2.24. The first-order valence-electron chi connectivity index (χ1n) is 9.43. The minimum Gasteiger partial charge on any atom is -0.494 e. The summed E-state index contributed by atoms with van der Waals surface area (Å²) in [5.41, 5.74) is -0.827. The molecule has 4 aromatic rings.